The third-order valence-corrected chi connectivity index (χ3v) is 4.35. The van der Waals surface area contributed by atoms with Crippen molar-refractivity contribution in [3.05, 3.63) is 60.2 Å². The highest BCUT2D eigenvalue weighted by atomic mass is 16.5. The van der Waals surface area contributed by atoms with Gasteiger partial charge in [0, 0.05) is 6.54 Å². The highest BCUT2D eigenvalue weighted by Gasteiger charge is 2.30. The number of benzene rings is 2. The van der Waals surface area contributed by atoms with Crippen molar-refractivity contribution in [1.29, 1.82) is 0 Å². The van der Waals surface area contributed by atoms with Crippen molar-refractivity contribution in [1.82, 2.24) is 4.90 Å². The Morgan fingerprint density at radius 3 is 2.39 bits per heavy atom. The van der Waals surface area contributed by atoms with Crippen LogP contribution in [0.1, 0.15) is 31.4 Å². The molecule has 0 aliphatic carbocycles. The van der Waals surface area contributed by atoms with Crippen molar-refractivity contribution >= 4 is 6.09 Å². The maximum atomic E-state index is 11.5. The van der Waals surface area contributed by atoms with Gasteiger partial charge in [-0.2, -0.15) is 0 Å². The minimum Gasteiger partial charge on any atom is -0.465 e. The third kappa shape index (κ3) is 3.65. The van der Waals surface area contributed by atoms with Crippen LogP contribution in [0, 0.1) is 5.92 Å². The SMILES string of the molecule is CC1CCN(C(=O)O)C(c2ccc(Oc3ccccc3)cc2)C1. The van der Waals surface area contributed by atoms with Crippen LogP contribution in [0.5, 0.6) is 11.5 Å². The first-order valence-electron chi connectivity index (χ1n) is 7.96. The summed E-state index contributed by atoms with van der Waals surface area (Å²) in [5.74, 6) is 2.08. The van der Waals surface area contributed by atoms with Gasteiger partial charge in [0.1, 0.15) is 11.5 Å². The average Bonchev–Trinajstić information content (AvgIpc) is 2.56. The molecule has 1 saturated heterocycles. The number of likely N-dealkylation sites (tertiary alicyclic amines) is 1. The first-order chi connectivity index (χ1) is 11.1. The van der Waals surface area contributed by atoms with Crippen LogP contribution >= 0.6 is 0 Å². The zero-order valence-electron chi connectivity index (χ0n) is 13.2. The van der Waals surface area contributed by atoms with Crippen LogP contribution in [0.3, 0.4) is 0 Å². The Morgan fingerprint density at radius 2 is 1.74 bits per heavy atom. The van der Waals surface area contributed by atoms with Crippen molar-refractivity contribution in [2.24, 2.45) is 5.92 Å². The molecule has 1 amide bonds. The summed E-state index contributed by atoms with van der Waals surface area (Å²) in [5, 5.41) is 9.41. The average molecular weight is 311 g/mol. The number of rotatable bonds is 3. The molecule has 4 nitrogen and oxygen atoms in total. The van der Waals surface area contributed by atoms with E-state index in [4.69, 9.17) is 4.74 Å². The van der Waals surface area contributed by atoms with Gasteiger partial charge in [-0.1, -0.05) is 37.3 Å². The lowest BCUT2D eigenvalue weighted by atomic mass is 9.88. The van der Waals surface area contributed by atoms with E-state index in [9.17, 15) is 9.90 Å². The Kier molecular flexibility index (Phi) is 4.51. The van der Waals surface area contributed by atoms with Gasteiger partial charge in [-0.15, -0.1) is 0 Å². The second kappa shape index (κ2) is 6.73. The van der Waals surface area contributed by atoms with Gasteiger partial charge >= 0.3 is 6.09 Å². The summed E-state index contributed by atoms with van der Waals surface area (Å²) in [6, 6.07) is 17.3. The number of carbonyl (C=O) groups is 1. The first kappa shape index (κ1) is 15.4. The Hall–Kier alpha value is -2.49. The van der Waals surface area contributed by atoms with Gasteiger partial charge in [0.05, 0.1) is 6.04 Å². The highest BCUT2D eigenvalue weighted by Crippen LogP contribution is 2.35. The molecule has 3 rings (SSSR count). The second-order valence-electron chi connectivity index (χ2n) is 6.11. The molecule has 23 heavy (non-hydrogen) atoms. The molecule has 0 radical (unpaired) electrons. The summed E-state index contributed by atoms with van der Waals surface area (Å²) < 4.78 is 5.79. The van der Waals surface area contributed by atoms with Gasteiger partial charge < -0.3 is 14.7 Å². The normalized spacial score (nSPS) is 21.0. The van der Waals surface area contributed by atoms with Gasteiger partial charge in [0.2, 0.25) is 0 Å². The number of para-hydroxylation sites is 1. The van der Waals surface area contributed by atoms with E-state index >= 15 is 0 Å². The monoisotopic (exact) mass is 311 g/mol. The number of piperidine rings is 1. The summed E-state index contributed by atoms with van der Waals surface area (Å²) in [5.41, 5.74) is 1.03. The Balaban J connectivity index is 1.76. The molecule has 1 heterocycles. The first-order valence-corrected chi connectivity index (χ1v) is 7.96. The molecule has 1 fully saturated rings. The summed E-state index contributed by atoms with van der Waals surface area (Å²) in [7, 11) is 0. The minimum atomic E-state index is -0.841. The van der Waals surface area contributed by atoms with Crippen molar-refractivity contribution in [3.63, 3.8) is 0 Å². The predicted molar refractivity (Wildman–Crippen MR) is 88.8 cm³/mol. The van der Waals surface area contributed by atoms with Crippen molar-refractivity contribution in [2.45, 2.75) is 25.8 Å². The van der Waals surface area contributed by atoms with Gasteiger partial charge in [-0.25, -0.2) is 4.79 Å². The van der Waals surface area contributed by atoms with E-state index in [1.807, 2.05) is 54.6 Å². The summed E-state index contributed by atoms with van der Waals surface area (Å²) in [4.78, 5) is 13.0. The van der Waals surface area contributed by atoms with Crippen LogP contribution in [-0.2, 0) is 0 Å². The number of nitrogens with zero attached hydrogens (tertiary/aromatic N) is 1. The van der Waals surface area contributed by atoms with E-state index in [-0.39, 0.29) is 6.04 Å². The number of amides is 1. The largest absolute Gasteiger partial charge is 0.465 e. The van der Waals surface area contributed by atoms with Gasteiger partial charge in [0.25, 0.3) is 0 Å². The summed E-state index contributed by atoms with van der Waals surface area (Å²) >= 11 is 0. The zero-order valence-corrected chi connectivity index (χ0v) is 13.2. The molecule has 2 aromatic carbocycles. The fraction of sp³-hybridized carbons (Fsp3) is 0.316. The van der Waals surface area contributed by atoms with Crippen LogP contribution in [0.15, 0.2) is 54.6 Å². The molecule has 0 saturated carbocycles. The van der Waals surface area contributed by atoms with Crippen LogP contribution < -0.4 is 4.74 Å². The van der Waals surface area contributed by atoms with Gasteiger partial charge in [-0.05, 0) is 48.6 Å². The van der Waals surface area contributed by atoms with Crippen molar-refractivity contribution < 1.29 is 14.6 Å². The highest BCUT2D eigenvalue weighted by molar-refractivity contribution is 5.66. The van der Waals surface area contributed by atoms with Crippen LogP contribution in [-0.4, -0.2) is 22.6 Å². The lowest BCUT2D eigenvalue weighted by Gasteiger charge is -2.37. The van der Waals surface area contributed by atoms with E-state index in [2.05, 4.69) is 6.92 Å². The van der Waals surface area contributed by atoms with Crippen LogP contribution in [0.4, 0.5) is 4.79 Å². The van der Waals surface area contributed by atoms with E-state index in [1.54, 1.807) is 4.90 Å². The van der Waals surface area contributed by atoms with E-state index in [0.29, 0.717) is 12.5 Å². The van der Waals surface area contributed by atoms with Crippen LogP contribution in [0.2, 0.25) is 0 Å². The van der Waals surface area contributed by atoms with E-state index in [1.165, 1.54) is 0 Å². The van der Waals surface area contributed by atoms with Crippen LogP contribution in [0.25, 0.3) is 0 Å². The molecule has 2 unspecified atom stereocenters. The maximum Gasteiger partial charge on any atom is 0.407 e. The molecule has 4 heteroatoms. The second-order valence-corrected chi connectivity index (χ2v) is 6.11. The van der Waals surface area contributed by atoms with Gasteiger partial charge in [-0.3, -0.25) is 0 Å². The third-order valence-electron chi connectivity index (χ3n) is 4.35. The molecule has 2 atom stereocenters. The Labute approximate surface area is 136 Å². The van der Waals surface area contributed by atoms with Crippen molar-refractivity contribution in [2.75, 3.05) is 6.54 Å². The summed E-state index contributed by atoms with van der Waals surface area (Å²) in [6.07, 6.45) is 0.954. The van der Waals surface area contributed by atoms with Gasteiger partial charge in [0.15, 0.2) is 0 Å². The zero-order chi connectivity index (χ0) is 16.2. The lowest BCUT2D eigenvalue weighted by molar-refractivity contribution is 0.0927. The Morgan fingerprint density at radius 1 is 1.09 bits per heavy atom. The standard InChI is InChI=1S/C19H21NO3/c1-14-11-12-20(19(21)22)18(13-14)15-7-9-17(10-8-15)23-16-5-3-2-4-6-16/h2-10,14,18H,11-13H2,1H3,(H,21,22). The summed E-state index contributed by atoms with van der Waals surface area (Å²) in [6.45, 7) is 2.78. The molecule has 0 aromatic heterocycles. The molecule has 1 aliphatic rings. The molecule has 2 aromatic rings. The van der Waals surface area contributed by atoms with Crippen molar-refractivity contribution in [3.8, 4) is 11.5 Å². The fourth-order valence-corrected chi connectivity index (χ4v) is 3.07. The molecule has 0 bridgehead atoms. The molecule has 1 N–H and O–H groups in total. The topological polar surface area (TPSA) is 49.8 Å². The molecular weight excluding hydrogens is 290 g/mol. The lowest BCUT2D eigenvalue weighted by Crippen LogP contribution is -2.39. The molecule has 1 aliphatic heterocycles. The molecular formula is C19H21NO3. The predicted octanol–water partition coefficient (Wildman–Crippen LogP) is 4.93. The minimum absolute atomic E-state index is 0.0676. The quantitative estimate of drug-likeness (QED) is 0.874. The number of hydrogen-bond donors (Lipinski definition) is 1. The number of carboxylic acid groups (broad SMARTS) is 1. The number of ether oxygens (including phenoxy) is 1. The fourth-order valence-electron chi connectivity index (χ4n) is 3.07. The molecule has 120 valence electrons. The Bertz CT molecular complexity index is 654. The smallest absolute Gasteiger partial charge is 0.407 e. The van der Waals surface area contributed by atoms with E-state index < -0.39 is 6.09 Å². The maximum absolute atomic E-state index is 11.5. The van der Waals surface area contributed by atoms with E-state index in [0.717, 1.165) is 29.9 Å². The molecule has 0 spiro atoms. The number of hydrogen-bond acceptors (Lipinski definition) is 2.